The smallest absolute Gasteiger partial charge is 0.108 e. The van der Waals surface area contributed by atoms with Gasteiger partial charge in [0.1, 0.15) is 6.10 Å². The van der Waals surface area contributed by atoms with E-state index in [-0.39, 0.29) is 6.10 Å². The molecule has 2 saturated heterocycles. The number of rotatable bonds is 5. The molecule has 0 saturated carbocycles. The molecule has 2 aromatic rings. The summed E-state index contributed by atoms with van der Waals surface area (Å²) in [6.07, 6.45) is 6.50. The van der Waals surface area contributed by atoms with Crippen LogP contribution in [0.25, 0.3) is 0 Å². The van der Waals surface area contributed by atoms with Crippen molar-refractivity contribution in [1.29, 1.82) is 0 Å². The lowest BCUT2D eigenvalue weighted by Gasteiger charge is -2.38. The largest absolute Gasteiger partial charge is 0.365 e. The third-order valence-electron chi connectivity index (χ3n) is 6.18. The predicted octanol–water partition coefficient (Wildman–Crippen LogP) is 4.98. The van der Waals surface area contributed by atoms with Gasteiger partial charge in [-0.3, -0.25) is 0 Å². The maximum atomic E-state index is 6.74. The van der Waals surface area contributed by atoms with Crippen LogP contribution in [0, 0.1) is 0 Å². The van der Waals surface area contributed by atoms with Gasteiger partial charge in [0.05, 0.1) is 6.10 Å². The van der Waals surface area contributed by atoms with Gasteiger partial charge in [-0.2, -0.15) is 0 Å². The van der Waals surface area contributed by atoms with Crippen molar-refractivity contribution in [3.63, 3.8) is 0 Å². The fourth-order valence-corrected chi connectivity index (χ4v) is 4.57. The van der Waals surface area contributed by atoms with Crippen molar-refractivity contribution in [3.8, 4) is 0 Å². The number of ether oxygens (including phenoxy) is 1. The van der Waals surface area contributed by atoms with Gasteiger partial charge in [0, 0.05) is 12.1 Å². The molecular weight excluding hydrogens is 306 g/mol. The number of fused-ring (bicyclic) bond motifs is 2. The summed E-state index contributed by atoms with van der Waals surface area (Å²) < 4.78 is 6.74. The first kappa shape index (κ1) is 16.8. The summed E-state index contributed by atoms with van der Waals surface area (Å²) in [7, 11) is 2.29. The van der Waals surface area contributed by atoms with E-state index in [4.69, 9.17) is 4.74 Å². The Hall–Kier alpha value is -1.64. The van der Waals surface area contributed by atoms with E-state index in [1.807, 2.05) is 0 Å². The molecule has 2 bridgehead atoms. The number of hydrogen-bond acceptors (Lipinski definition) is 2. The highest BCUT2D eigenvalue weighted by Gasteiger charge is 2.39. The van der Waals surface area contributed by atoms with Crippen molar-refractivity contribution in [1.82, 2.24) is 4.90 Å². The quantitative estimate of drug-likeness (QED) is 0.764. The van der Waals surface area contributed by atoms with E-state index < -0.39 is 0 Å². The van der Waals surface area contributed by atoms with Gasteiger partial charge in [-0.15, -0.1) is 0 Å². The molecule has 2 heteroatoms. The second-order valence-corrected chi connectivity index (χ2v) is 7.67. The molecule has 0 N–H and O–H groups in total. The summed E-state index contributed by atoms with van der Waals surface area (Å²) in [6.45, 7) is 2.20. The Kier molecular flexibility index (Phi) is 4.91. The van der Waals surface area contributed by atoms with Crippen LogP contribution in [0.1, 0.15) is 55.4 Å². The van der Waals surface area contributed by atoms with Crippen LogP contribution in [0.5, 0.6) is 0 Å². The molecule has 0 amide bonds. The summed E-state index contributed by atoms with van der Waals surface area (Å²) in [4.78, 5) is 2.58. The van der Waals surface area contributed by atoms with Gasteiger partial charge in [-0.1, -0.05) is 61.5 Å². The molecule has 132 valence electrons. The van der Waals surface area contributed by atoms with E-state index in [1.54, 1.807) is 0 Å². The molecule has 0 aliphatic carbocycles. The zero-order valence-electron chi connectivity index (χ0n) is 15.4. The molecular formula is C23H29NO. The molecule has 2 fully saturated rings. The third kappa shape index (κ3) is 3.51. The number of piperidine rings is 1. The molecule has 25 heavy (non-hydrogen) atoms. The molecule has 0 radical (unpaired) electrons. The van der Waals surface area contributed by atoms with Crippen LogP contribution in [0.2, 0.25) is 0 Å². The molecule has 2 nitrogen and oxygen atoms in total. The molecule has 2 aromatic carbocycles. The fourth-order valence-electron chi connectivity index (χ4n) is 4.57. The summed E-state index contributed by atoms with van der Waals surface area (Å²) in [5.74, 6) is 0. The number of aryl methyl sites for hydroxylation is 1. The number of hydrogen-bond donors (Lipinski definition) is 0. The monoisotopic (exact) mass is 335 g/mol. The third-order valence-corrected chi connectivity index (χ3v) is 6.18. The van der Waals surface area contributed by atoms with Gasteiger partial charge in [0.2, 0.25) is 0 Å². The van der Waals surface area contributed by atoms with Crippen molar-refractivity contribution in [2.45, 2.75) is 63.3 Å². The first-order valence-corrected chi connectivity index (χ1v) is 9.75. The lowest BCUT2D eigenvalue weighted by molar-refractivity contribution is -0.0426. The predicted molar refractivity (Wildman–Crippen MR) is 103 cm³/mol. The van der Waals surface area contributed by atoms with Crippen molar-refractivity contribution >= 4 is 0 Å². The maximum Gasteiger partial charge on any atom is 0.108 e. The lowest BCUT2D eigenvalue weighted by atomic mass is 9.97. The second kappa shape index (κ2) is 7.31. The Morgan fingerprint density at radius 2 is 1.52 bits per heavy atom. The van der Waals surface area contributed by atoms with Crippen molar-refractivity contribution < 1.29 is 4.74 Å². The van der Waals surface area contributed by atoms with Gasteiger partial charge in [0.25, 0.3) is 0 Å². The molecule has 2 heterocycles. The molecule has 0 spiro atoms. The number of benzene rings is 2. The fraction of sp³-hybridized carbons (Fsp3) is 0.478. The van der Waals surface area contributed by atoms with Crippen LogP contribution < -0.4 is 0 Å². The van der Waals surface area contributed by atoms with Crippen LogP contribution >= 0.6 is 0 Å². The van der Waals surface area contributed by atoms with Crippen LogP contribution in [0.15, 0.2) is 54.6 Å². The van der Waals surface area contributed by atoms with Crippen molar-refractivity contribution in [2.24, 2.45) is 0 Å². The minimum atomic E-state index is 0.0416. The van der Waals surface area contributed by atoms with Crippen molar-refractivity contribution in [3.05, 3.63) is 71.3 Å². The minimum Gasteiger partial charge on any atom is -0.365 e. The Bertz CT molecular complexity index is 667. The van der Waals surface area contributed by atoms with Gasteiger partial charge in [-0.05, 0) is 55.8 Å². The molecule has 2 aliphatic heterocycles. The van der Waals surface area contributed by atoms with Crippen molar-refractivity contribution in [2.75, 3.05) is 7.05 Å². The molecule has 0 aromatic heterocycles. The topological polar surface area (TPSA) is 12.5 Å². The van der Waals surface area contributed by atoms with Gasteiger partial charge >= 0.3 is 0 Å². The Labute approximate surface area is 151 Å². The van der Waals surface area contributed by atoms with E-state index in [2.05, 4.69) is 73.5 Å². The Balaban J connectivity index is 1.57. The molecule has 2 unspecified atom stereocenters. The zero-order valence-corrected chi connectivity index (χ0v) is 15.4. The molecule has 2 aliphatic rings. The maximum absolute atomic E-state index is 6.74. The van der Waals surface area contributed by atoms with Crippen LogP contribution in [-0.2, 0) is 11.2 Å². The first-order valence-electron chi connectivity index (χ1n) is 9.75. The zero-order chi connectivity index (χ0) is 17.2. The normalized spacial score (nSPS) is 27.4. The van der Waals surface area contributed by atoms with Crippen LogP contribution in [-0.4, -0.2) is 30.1 Å². The first-order chi connectivity index (χ1) is 12.2. The highest BCUT2D eigenvalue weighted by Crippen LogP contribution is 2.38. The number of nitrogens with zero attached hydrogens (tertiary/aromatic N) is 1. The SMILES string of the molecule is CCc1ccc(C(OC2C[C@H]3CC[C@@H](C2)N3C)c2ccccc2)cc1. The standard InChI is InChI=1S/C23H29NO/c1-3-17-9-11-19(12-10-17)23(18-7-5-4-6-8-18)25-22-15-20-13-14-21(16-22)24(20)2/h4-12,20-23H,3,13-16H2,1-2H3/t20-,21+,22?,23?. The van der Waals surface area contributed by atoms with E-state index in [9.17, 15) is 0 Å². The van der Waals surface area contributed by atoms with Gasteiger partial charge in [0.15, 0.2) is 0 Å². The molecule has 4 rings (SSSR count). The second-order valence-electron chi connectivity index (χ2n) is 7.67. The average Bonchev–Trinajstić information content (AvgIpc) is 2.87. The lowest BCUT2D eigenvalue weighted by Crippen LogP contribution is -2.43. The van der Waals surface area contributed by atoms with E-state index in [1.165, 1.54) is 42.4 Å². The Morgan fingerprint density at radius 1 is 0.920 bits per heavy atom. The average molecular weight is 335 g/mol. The Morgan fingerprint density at radius 3 is 2.12 bits per heavy atom. The highest BCUT2D eigenvalue weighted by atomic mass is 16.5. The highest BCUT2D eigenvalue weighted by molar-refractivity contribution is 5.32. The summed E-state index contributed by atoms with van der Waals surface area (Å²) in [5.41, 5.74) is 3.92. The summed E-state index contributed by atoms with van der Waals surface area (Å²) in [5, 5.41) is 0. The molecule has 4 atom stereocenters. The minimum absolute atomic E-state index is 0.0416. The van der Waals surface area contributed by atoms with E-state index in [0.29, 0.717) is 18.2 Å². The summed E-state index contributed by atoms with van der Waals surface area (Å²) >= 11 is 0. The van der Waals surface area contributed by atoms with Gasteiger partial charge in [-0.25, -0.2) is 0 Å². The van der Waals surface area contributed by atoms with Crippen LogP contribution in [0.4, 0.5) is 0 Å². The van der Waals surface area contributed by atoms with E-state index >= 15 is 0 Å². The van der Waals surface area contributed by atoms with Crippen LogP contribution in [0.3, 0.4) is 0 Å². The van der Waals surface area contributed by atoms with E-state index in [0.717, 1.165) is 6.42 Å². The summed E-state index contributed by atoms with van der Waals surface area (Å²) in [6, 6.07) is 21.1. The van der Waals surface area contributed by atoms with Gasteiger partial charge < -0.3 is 9.64 Å².